The monoisotopic (exact) mass is 187 g/mol. The summed E-state index contributed by atoms with van der Waals surface area (Å²) in [7, 11) is 0. The van der Waals surface area contributed by atoms with E-state index >= 15 is 0 Å². The topological polar surface area (TPSA) is 58.6 Å². The van der Waals surface area contributed by atoms with Gasteiger partial charge in [0.2, 0.25) is 0 Å². The molecule has 1 saturated heterocycles. The quantitative estimate of drug-likeness (QED) is 0.654. The smallest absolute Gasteiger partial charge is 0.450 e. The molecule has 1 rings (SSSR count). The van der Waals surface area contributed by atoms with E-state index in [0.717, 1.165) is 13.0 Å². The van der Waals surface area contributed by atoms with Crippen LogP contribution in [-0.4, -0.2) is 30.5 Å². The number of carboxylic acid groups (broad SMARTS) is 1. The minimum absolute atomic E-state index is 0.153. The van der Waals surface area contributed by atoms with Crippen molar-refractivity contribution in [2.24, 2.45) is 11.8 Å². The summed E-state index contributed by atoms with van der Waals surface area (Å²) in [5.41, 5.74) is 0. The minimum atomic E-state index is -1.16. The standard InChI is InChI=1S/C9H17NO3/c1-6(2)3-7-4-10-5-8(7)13-9(11)12/h6-8,10H,3-5H2,1-2H3,(H,11,12)/t7-,8+/m1/s1. The van der Waals surface area contributed by atoms with Crippen LogP contribution in [-0.2, 0) is 4.74 Å². The van der Waals surface area contributed by atoms with E-state index in [9.17, 15) is 4.79 Å². The largest absolute Gasteiger partial charge is 0.506 e. The van der Waals surface area contributed by atoms with Gasteiger partial charge < -0.3 is 15.2 Å². The molecule has 4 heteroatoms. The van der Waals surface area contributed by atoms with Crippen LogP contribution in [0.1, 0.15) is 20.3 Å². The first-order chi connectivity index (χ1) is 6.09. The molecular weight excluding hydrogens is 170 g/mol. The van der Waals surface area contributed by atoms with Crippen molar-refractivity contribution in [1.29, 1.82) is 0 Å². The molecule has 0 aromatic rings. The van der Waals surface area contributed by atoms with Crippen molar-refractivity contribution in [1.82, 2.24) is 5.32 Å². The van der Waals surface area contributed by atoms with Crippen LogP contribution >= 0.6 is 0 Å². The van der Waals surface area contributed by atoms with Gasteiger partial charge in [-0.3, -0.25) is 0 Å². The predicted molar refractivity (Wildman–Crippen MR) is 48.7 cm³/mol. The number of carbonyl (C=O) groups is 1. The third-order valence-corrected chi connectivity index (χ3v) is 2.30. The van der Waals surface area contributed by atoms with Gasteiger partial charge in [0, 0.05) is 19.0 Å². The molecule has 0 aromatic carbocycles. The molecule has 0 unspecified atom stereocenters. The lowest BCUT2D eigenvalue weighted by molar-refractivity contribution is 0.0383. The fourth-order valence-corrected chi connectivity index (χ4v) is 1.82. The molecule has 2 N–H and O–H groups in total. The fourth-order valence-electron chi connectivity index (χ4n) is 1.82. The Morgan fingerprint density at radius 2 is 2.31 bits per heavy atom. The molecule has 0 radical (unpaired) electrons. The van der Waals surface area contributed by atoms with Gasteiger partial charge in [0.15, 0.2) is 0 Å². The van der Waals surface area contributed by atoms with E-state index in [0.29, 0.717) is 18.4 Å². The van der Waals surface area contributed by atoms with Gasteiger partial charge in [-0.1, -0.05) is 13.8 Å². The number of hydrogen-bond acceptors (Lipinski definition) is 3. The lowest BCUT2D eigenvalue weighted by atomic mass is 9.94. The van der Waals surface area contributed by atoms with Crippen molar-refractivity contribution in [2.75, 3.05) is 13.1 Å². The molecule has 1 fully saturated rings. The molecule has 4 nitrogen and oxygen atoms in total. The number of ether oxygens (including phenoxy) is 1. The number of rotatable bonds is 3. The first kappa shape index (κ1) is 10.3. The van der Waals surface area contributed by atoms with Gasteiger partial charge in [-0.15, -0.1) is 0 Å². The van der Waals surface area contributed by atoms with E-state index in [-0.39, 0.29) is 6.10 Å². The Balaban J connectivity index is 2.39. The molecule has 0 amide bonds. The summed E-state index contributed by atoms with van der Waals surface area (Å²) < 4.78 is 4.78. The maximum Gasteiger partial charge on any atom is 0.506 e. The van der Waals surface area contributed by atoms with Crippen molar-refractivity contribution < 1.29 is 14.6 Å². The van der Waals surface area contributed by atoms with Gasteiger partial charge in [-0.2, -0.15) is 0 Å². The summed E-state index contributed by atoms with van der Waals surface area (Å²) in [6, 6.07) is 0. The van der Waals surface area contributed by atoms with Crippen LogP contribution in [0.25, 0.3) is 0 Å². The van der Waals surface area contributed by atoms with Gasteiger partial charge >= 0.3 is 6.16 Å². The summed E-state index contributed by atoms with van der Waals surface area (Å²) in [6.45, 7) is 5.80. The zero-order valence-corrected chi connectivity index (χ0v) is 8.12. The van der Waals surface area contributed by atoms with Gasteiger partial charge in [-0.05, 0) is 12.3 Å². The van der Waals surface area contributed by atoms with Crippen LogP contribution < -0.4 is 5.32 Å². The van der Waals surface area contributed by atoms with Crippen molar-refractivity contribution in [3.8, 4) is 0 Å². The molecule has 0 spiro atoms. The average Bonchev–Trinajstić information content (AvgIpc) is 2.34. The Morgan fingerprint density at radius 3 is 2.85 bits per heavy atom. The summed E-state index contributed by atoms with van der Waals surface area (Å²) in [5, 5.41) is 11.6. The average molecular weight is 187 g/mol. The lowest BCUT2D eigenvalue weighted by Gasteiger charge is -2.18. The predicted octanol–water partition coefficient (Wildman–Crippen LogP) is 1.32. The molecule has 2 atom stereocenters. The highest BCUT2D eigenvalue weighted by molar-refractivity contribution is 5.57. The molecule has 0 bridgehead atoms. The molecule has 76 valence electrons. The van der Waals surface area contributed by atoms with E-state index in [1.165, 1.54) is 0 Å². The molecule has 0 saturated carbocycles. The van der Waals surface area contributed by atoms with Crippen LogP contribution in [0.5, 0.6) is 0 Å². The lowest BCUT2D eigenvalue weighted by Crippen LogP contribution is -2.26. The van der Waals surface area contributed by atoms with Gasteiger partial charge in [-0.25, -0.2) is 4.79 Å². The van der Waals surface area contributed by atoms with Crippen molar-refractivity contribution >= 4 is 6.16 Å². The Bertz CT molecular complexity index is 182. The SMILES string of the molecule is CC(C)C[C@@H]1CNC[C@@H]1OC(=O)O. The van der Waals surface area contributed by atoms with Crippen molar-refractivity contribution in [2.45, 2.75) is 26.4 Å². The van der Waals surface area contributed by atoms with Crippen LogP contribution in [0.4, 0.5) is 4.79 Å². The summed E-state index contributed by atoms with van der Waals surface area (Å²) in [6.07, 6.45) is -0.298. The van der Waals surface area contributed by atoms with Crippen LogP contribution in [0.3, 0.4) is 0 Å². The first-order valence-corrected chi connectivity index (χ1v) is 4.70. The zero-order chi connectivity index (χ0) is 9.84. The van der Waals surface area contributed by atoms with E-state index in [1.54, 1.807) is 0 Å². The molecule has 0 aliphatic carbocycles. The molecule has 1 heterocycles. The van der Waals surface area contributed by atoms with Gasteiger partial charge in [0.25, 0.3) is 0 Å². The number of hydrogen-bond donors (Lipinski definition) is 2. The highest BCUT2D eigenvalue weighted by atomic mass is 16.7. The Labute approximate surface area is 78.3 Å². The van der Waals surface area contributed by atoms with E-state index < -0.39 is 6.16 Å². The van der Waals surface area contributed by atoms with E-state index in [1.807, 2.05) is 0 Å². The van der Waals surface area contributed by atoms with Gasteiger partial charge in [0.05, 0.1) is 0 Å². The first-order valence-electron chi connectivity index (χ1n) is 4.70. The molecule has 1 aliphatic heterocycles. The summed E-state index contributed by atoms with van der Waals surface area (Å²) in [5.74, 6) is 0.931. The fraction of sp³-hybridized carbons (Fsp3) is 0.889. The number of nitrogens with one attached hydrogen (secondary N) is 1. The maximum absolute atomic E-state index is 10.3. The van der Waals surface area contributed by atoms with E-state index in [2.05, 4.69) is 19.2 Å². The molecule has 0 aromatic heterocycles. The summed E-state index contributed by atoms with van der Waals surface area (Å²) in [4.78, 5) is 10.3. The van der Waals surface area contributed by atoms with E-state index in [4.69, 9.17) is 9.84 Å². The zero-order valence-electron chi connectivity index (χ0n) is 8.12. The van der Waals surface area contributed by atoms with Crippen LogP contribution in [0.2, 0.25) is 0 Å². The van der Waals surface area contributed by atoms with Crippen LogP contribution in [0, 0.1) is 11.8 Å². The second kappa shape index (κ2) is 4.46. The molecular formula is C9H17NO3. The molecule has 1 aliphatic rings. The molecule has 13 heavy (non-hydrogen) atoms. The second-order valence-electron chi connectivity index (χ2n) is 3.97. The van der Waals surface area contributed by atoms with Crippen molar-refractivity contribution in [3.05, 3.63) is 0 Å². The highest BCUT2D eigenvalue weighted by Crippen LogP contribution is 2.21. The highest BCUT2D eigenvalue weighted by Gasteiger charge is 2.30. The second-order valence-corrected chi connectivity index (χ2v) is 3.97. The van der Waals surface area contributed by atoms with Crippen molar-refractivity contribution in [3.63, 3.8) is 0 Å². The summed E-state index contributed by atoms with van der Waals surface area (Å²) >= 11 is 0. The van der Waals surface area contributed by atoms with Crippen LogP contribution in [0.15, 0.2) is 0 Å². The third kappa shape index (κ3) is 3.22. The Kier molecular flexibility index (Phi) is 3.54. The van der Waals surface area contributed by atoms with Gasteiger partial charge in [0.1, 0.15) is 6.10 Å². The minimum Gasteiger partial charge on any atom is -0.450 e. The third-order valence-electron chi connectivity index (χ3n) is 2.30. The Hall–Kier alpha value is -0.770. The maximum atomic E-state index is 10.3. The normalized spacial score (nSPS) is 27.9. The Morgan fingerprint density at radius 1 is 1.62 bits per heavy atom.